The molecule has 0 N–H and O–H groups in total. The molecule has 0 aromatic heterocycles. The van der Waals surface area contributed by atoms with Gasteiger partial charge in [0.15, 0.2) is 0 Å². The molecule has 0 fully saturated rings. The molecular formula is C50H43N. The van der Waals surface area contributed by atoms with Crippen LogP contribution >= 0.6 is 0 Å². The van der Waals surface area contributed by atoms with Crippen LogP contribution in [0.15, 0.2) is 170 Å². The Morgan fingerprint density at radius 1 is 0.451 bits per heavy atom. The van der Waals surface area contributed by atoms with Crippen molar-refractivity contribution in [1.82, 2.24) is 0 Å². The van der Waals surface area contributed by atoms with Gasteiger partial charge in [0.2, 0.25) is 0 Å². The van der Waals surface area contributed by atoms with E-state index in [4.69, 9.17) is 0 Å². The molecule has 0 unspecified atom stereocenters. The molecule has 0 bridgehead atoms. The fraction of sp³-hybridized carbons (Fsp3) is 0.160. The first kappa shape index (κ1) is 31.3. The zero-order valence-corrected chi connectivity index (χ0v) is 29.9. The molecule has 0 saturated carbocycles. The summed E-state index contributed by atoms with van der Waals surface area (Å²) in [6, 6.07) is 63.7. The SMILES string of the molecule is CC(C)c1ccc(N(c2ccc3c(c2)CC(c2ccccc2)(c2ccccc2)c2ccccc2-3)c2ccc3c(c2)C(C)(C)c2ccccc2-3)cc1. The maximum absolute atomic E-state index is 2.47. The fourth-order valence-corrected chi connectivity index (χ4v) is 9.01. The van der Waals surface area contributed by atoms with Gasteiger partial charge in [0.25, 0.3) is 0 Å². The van der Waals surface area contributed by atoms with Gasteiger partial charge in [0.1, 0.15) is 0 Å². The van der Waals surface area contributed by atoms with Gasteiger partial charge < -0.3 is 4.90 Å². The molecule has 0 amide bonds. The Hall–Kier alpha value is -5.66. The number of nitrogens with zero attached hydrogens (tertiary/aromatic N) is 1. The van der Waals surface area contributed by atoms with Crippen LogP contribution in [0.4, 0.5) is 17.1 Å². The first-order valence-corrected chi connectivity index (χ1v) is 18.3. The van der Waals surface area contributed by atoms with Crippen molar-refractivity contribution in [1.29, 1.82) is 0 Å². The lowest BCUT2D eigenvalue weighted by molar-refractivity contribution is 0.606. The van der Waals surface area contributed by atoms with Gasteiger partial charge in [0.05, 0.1) is 0 Å². The summed E-state index contributed by atoms with van der Waals surface area (Å²) in [7, 11) is 0. The number of hydrogen-bond donors (Lipinski definition) is 0. The first-order valence-electron chi connectivity index (χ1n) is 18.3. The summed E-state index contributed by atoms with van der Waals surface area (Å²) in [6.07, 6.45) is 0.869. The van der Waals surface area contributed by atoms with E-state index >= 15 is 0 Å². The Labute approximate surface area is 302 Å². The molecule has 0 atom stereocenters. The van der Waals surface area contributed by atoms with Gasteiger partial charge in [-0.2, -0.15) is 0 Å². The summed E-state index contributed by atoms with van der Waals surface area (Å²) in [4.78, 5) is 2.47. The smallest absolute Gasteiger partial charge is 0.0497 e. The van der Waals surface area contributed by atoms with E-state index in [9.17, 15) is 0 Å². The lowest BCUT2D eigenvalue weighted by atomic mass is 9.61. The number of rotatable bonds is 6. The summed E-state index contributed by atoms with van der Waals surface area (Å²) < 4.78 is 0. The molecule has 0 heterocycles. The Morgan fingerprint density at radius 3 is 1.57 bits per heavy atom. The van der Waals surface area contributed by atoms with Gasteiger partial charge in [-0.05, 0) is 110 Å². The van der Waals surface area contributed by atoms with Crippen LogP contribution in [0, 0.1) is 0 Å². The highest BCUT2D eigenvalue weighted by molar-refractivity contribution is 5.87. The number of hydrogen-bond acceptors (Lipinski definition) is 1. The average molecular weight is 658 g/mol. The normalized spacial score (nSPS) is 14.7. The van der Waals surface area contributed by atoms with Gasteiger partial charge in [-0.15, -0.1) is 0 Å². The van der Waals surface area contributed by atoms with Crippen LogP contribution in [0.2, 0.25) is 0 Å². The summed E-state index contributed by atoms with van der Waals surface area (Å²) >= 11 is 0. The molecule has 2 aliphatic carbocycles. The van der Waals surface area contributed by atoms with Crippen molar-refractivity contribution in [3.63, 3.8) is 0 Å². The predicted molar refractivity (Wildman–Crippen MR) is 215 cm³/mol. The second kappa shape index (κ2) is 12.0. The molecule has 7 aromatic rings. The minimum atomic E-state index is -0.322. The predicted octanol–water partition coefficient (Wildman–Crippen LogP) is 13.1. The third-order valence-corrected chi connectivity index (χ3v) is 11.7. The van der Waals surface area contributed by atoms with Crippen molar-refractivity contribution in [3.8, 4) is 22.3 Å². The minimum absolute atomic E-state index is 0.0837. The zero-order chi connectivity index (χ0) is 34.7. The van der Waals surface area contributed by atoms with Crippen LogP contribution < -0.4 is 4.90 Å². The molecule has 51 heavy (non-hydrogen) atoms. The standard InChI is InChI=1S/C50H43N/c1-34(2)35-23-25-39(26-24-35)51(41-28-30-45-44-20-11-13-21-46(44)49(3,4)48(45)32-41)40-27-29-42-36(31-40)33-50(37-15-7-5-8-16-37,38-17-9-6-10-18-38)47-22-14-12-19-43(42)47/h5-32,34H,33H2,1-4H3. The van der Waals surface area contributed by atoms with Gasteiger partial charge >= 0.3 is 0 Å². The van der Waals surface area contributed by atoms with Crippen LogP contribution in [0.3, 0.4) is 0 Å². The van der Waals surface area contributed by atoms with Crippen LogP contribution in [-0.4, -0.2) is 0 Å². The second-order valence-corrected chi connectivity index (χ2v) is 15.2. The Morgan fingerprint density at radius 2 is 0.941 bits per heavy atom. The van der Waals surface area contributed by atoms with Gasteiger partial charge in [-0.3, -0.25) is 0 Å². The molecule has 7 aromatic carbocycles. The summed E-state index contributed by atoms with van der Waals surface area (Å²) in [5.74, 6) is 0.472. The van der Waals surface area contributed by atoms with E-state index in [2.05, 4.69) is 202 Å². The lowest BCUT2D eigenvalue weighted by Crippen LogP contribution is -2.35. The van der Waals surface area contributed by atoms with Crippen LogP contribution in [0.5, 0.6) is 0 Å². The topological polar surface area (TPSA) is 3.24 Å². The molecule has 1 nitrogen and oxygen atoms in total. The third kappa shape index (κ3) is 4.90. The van der Waals surface area contributed by atoms with E-state index in [1.54, 1.807) is 0 Å². The Balaban J connectivity index is 1.25. The lowest BCUT2D eigenvalue weighted by Gasteiger charge is -2.42. The average Bonchev–Trinajstić information content (AvgIpc) is 3.41. The fourth-order valence-electron chi connectivity index (χ4n) is 9.01. The molecule has 0 saturated heterocycles. The number of benzene rings is 7. The van der Waals surface area contributed by atoms with Crippen molar-refractivity contribution >= 4 is 17.1 Å². The van der Waals surface area contributed by atoms with E-state index < -0.39 is 0 Å². The van der Waals surface area contributed by atoms with E-state index in [1.165, 1.54) is 78.3 Å². The highest BCUT2D eigenvalue weighted by Gasteiger charge is 2.42. The Bertz CT molecular complexity index is 2340. The van der Waals surface area contributed by atoms with E-state index in [0.29, 0.717) is 5.92 Å². The van der Waals surface area contributed by atoms with Crippen LogP contribution in [0.25, 0.3) is 22.3 Å². The Kier molecular flexibility index (Phi) is 7.37. The molecule has 1 heteroatoms. The van der Waals surface area contributed by atoms with Crippen molar-refractivity contribution in [2.24, 2.45) is 0 Å². The monoisotopic (exact) mass is 657 g/mol. The zero-order valence-electron chi connectivity index (χ0n) is 29.9. The molecular weight excluding hydrogens is 615 g/mol. The van der Waals surface area contributed by atoms with E-state index in [-0.39, 0.29) is 10.8 Å². The molecule has 248 valence electrons. The molecule has 0 aliphatic heterocycles. The van der Waals surface area contributed by atoms with Gasteiger partial charge in [-0.25, -0.2) is 0 Å². The summed E-state index contributed by atoms with van der Waals surface area (Å²) in [6.45, 7) is 9.26. The summed E-state index contributed by atoms with van der Waals surface area (Å²) in [5.41, 5.74) is 17.9. The molecule has 9 rings (SSSR count). The number of anilines is 3. The van der Waals surface area contributed by atoms with Crippen molar-refractivity contribution < 1.29 is 0 Å². The quantitative estimate of drug-likeness (QED) is 0.172. The van der Waals surface area contributed by atoms with Crippen LogP contribution in [0.1, 0.15) is 72.6 Å². The van der Waals surface area contributed by atoms with Crippen molar-refractivity contribution in [2.75, 3.05) is 4.90 Å². The van der Waals surface area contributed by atoms with Gasteiger partial charge in [0, 0.05) is 27.9 Å². The minimum Gasteiger partial charge on any atom is -0.310 e. The van der Waals surface area contributed by atoms with Crippen LogP contribution in [-0.2, 0) is 17.3 Å². The molecule has 0 spiro atoms. The van der Waals surface area contributed by atoms with Crippen molar-refractivity contribution in [3.05, 3.63) is 209 Å². The highest BCUT2D eigenvalue weighted by Crippen LogP contribution is 2.53. The third-order valence-electron chi connectivity index (χ3n) is 11.7. The molecule has 2 aliphatic rings. The highest BCUT2D eigenvalue weighted by atomic mass is 15.1. The maximum atomic E-state index is 2.47. The number of fused-ring (bicyclic) bond motifs is 6. The maximum Gasteiger partial charge on any atom is 0.0497 e. The van der Waals surface area contributed by atoms with E-state index in [0.717, 1.165) is 6.42 Å². The van der Waals surface area contributed by atoms with Crippen molar-refractivity contribution in [2.45, 2.75) is 50.9 Å². The first-order chi connectivity index (χ1) is 24.9. The molecule has 0 radical (unpaired) electrons. The van der Waals surface area contributed by atoms with E-state index in [1.807, 2.05) is 0 Å². The second-order valence-electron chi connectivity index (χ2n) is 15.2. The van der Waals surface area contributed by atoms with Gasteiger partial charge in [-0.1, -0.05) is 161 Å². The largest absolute Gasteiger partial charge is 0.310 e. The summed E-state index contributed by atoms with van der Waals surface area (Å²) in [5, 5.41) is 0.